The van der Waals surface area contributed by atoms with Crippen LogP contribution in [0.5, 0.6) is 0 Å². The van der Waals surface area contributed by atoms with Gasteiger partial charge in [-0.1, -0.05) is 6.08 Å². The lowest BCUT2D eigenvalue weighted by atomic mass is 9.90. The normalized spacial score (nSPS) is 23.4. The Kier molecular flexibility index (Phi) is 5.96. The van der Waals surface area contributed by atoms with E-state index in [0.29, 0.717) is 19.2 Å². The summed E-state index contributed by atoms with van der Waals surface area (Å²) in [5.41, 5.74) is -1.04. The lowest BCUT2D eigenvalue weighted by Crippen LogP contribution is -2.41. The predicted octanol–water partition coefficient (Wildman–Crippen LogP) is 3.09. The van der Waals surface area contributed by atoms with Gasteiger partial charge in [-0.3, -0.25) is 0 Å². The summed E-state index contributed by atoms with van der Waals surface area (Å²) in [6, 6.07) is 0. The van der Waals surface area contributed by atoms with E-state index in [1.807, 2.05) is 33.8 Å². The molecule has 0 unspecified atom stereocenters. The number of unbranched alkanes of at least 4 members (excludes halogenated alkanes) is 1. The molecule has 5 heteroatoms. The Hall–Kier alpha value is 0.0100. The highest BCUT2D eigenvalue weighted by molar-refractivity contribution is 7.59. The van der Waals surface area contributed by atoms with Crippen LogP contribution in [0.25, 0.3) is 0 Å². The first-order chi connectivity index (χ1) is 8.72. The summed E-state index contributed by atoms with van der Waals surface area (Å²) in [7, 11) is -2.97. The van der Waals surface area contributed by atoms with Crippen molar-refractivity contribution in [2.45, 2.75) is 58.2 Å². The van der Waals surface area contributed by atoms with Gasteiger partial charge in [-0.25, -0.2) is 9.05 Å². The van der Waals surface area contributed by atoms with Crippen molar-refractivity contribution in [3.63, 3.8) is 0 Å². The molecule has 4 nitrogen and oxygen atoms in total. The van der Waals surface area contributed by atoms with Crippen molar-refractivity contribution in [3.05, 3.63) is 12.7 Å². The number of hydrogen-bond acceptors (Lipinski definition) is 4. The Morgan fingerprint density at radius 3 is 2.16 bits per heavy atom. The molecule has 1 fully saturated rings. The third-order valence-electron chi connectivity index (χ3n) is 3.60. The average molecular weight is 290 g/mol. The molecule has 0 aromatic rings. The quantitative estimate of drug-likeness (QED) is 0.391. The summed E-state index contributed by atoms with van der Waals surface area (Å²) < 4.78 is 16.8. The maximum absolute atomic E-state index is 12.5. The topological polar surface area (TPSA) is 50.8 Å². The first kappa shape index (κ1) is 17.1. The number of hydrogen-bond donors (Lipinski definition) is 0. The summed E-state index contributed by atoms with van der Waals surface area (Å²) >= 11 is 0. The van der Waals surface area contributed by atoms with E-state index in [1.165, 1.54) is 0 Å². The van der Waals surface area contributed by atoms with Crippen LogP contribution < -0.4 is 4.89 Å². The molecule has 1 aliphatic rings. The van der Waals surface area contributed by atoms with Gasteiger partial charge < -0.3 is 9.63 Å². The lowest BCUT2D eigenvalue weighted by Gasteiger charge is -2.25. The fraction of sp³-hybridized carbons (Fsp3) is 0.857. The fourth-order valence-corrected chi connectivity index (χ4v) is 4.38. The maximum Gasteiger partial charge on any atom is 0.239 e. The van der Waals surface area contributed by atoms with Crippen LogP contribution in [0, 0.1) is 0 Å². The molecule has 1 heterocycles. The summed E-state index contributed by atoms with van der Waals surface area (Å²) in [4.78, 5) is 12.5. The molecule has 0 bridgehead atoms. The molecule has 0 aliphatic carbocycles. The monoisotopic (exact) mass is 290 g/mol. The minimum atomic E-state index is -2.97. The van der Waals surface area contributed by atoms with Gasteiger partial charge in [-0.15, -0.1) is 6.58 Å². The van der Waals surface area contributed by atoms with Gasteiger partial charge in [0, 0.05) is 13.0 Å². The zero-order valence-corrected chi connectivity index (χ0v) is 13.5. The molecule has 0 amide bonds. The van der Waals surface area contributed by atoms with Crippen LogP contribution in [0.3, 0.4) is 0 Å². The van der Waals surface area contributed by atoms with Crippen molar-refractivity contribution >= 4 is 7.94 Å². The van der Waals surface area contributed by atoms with Gasteiger partial charge in [0.15, 0.2) is 0 Å². The first-order valence-electron chi connectivity index (χ1n) is 6.92. The third kappa shape index (κ3) is 4.80. The Morgan fingerprint density at radius 1 is 1.11 bits per heavy atom. The van der Waals surface area contributed by atoms with Crippen molar-refractivity contribution in [1.82, 2.24) is 0 Å². The number of allylic oxidation sites excluding steroid dienone is 1. The SMILES string of the molecule is C=CCCCOCCC[P+]1([O-])OC(C)(C)C(C)(C)O1. The highest BCUT2D eigenvalue weighted by Gasteiger charge is 2.59. The molecule has 1 rings (SSSR count). The summed E-state index contributed by atoms with van der Waals surface area (Å²) in [6.07, 6.45) is 4.94. The van der Waals surface area contributed by atoms with Crippen LogP contribution >= 0.6 is 7.94 Å². The molecular formula is C14H27O4P. The van der Waals surface area contributed by atoms with E-state index in [9.17, 15) is 4.89 Å². The molecule has 1 aliphatic heterocycles. The summed E-state index contributed by atoms with van der Waals surface area (Å²) in [5.74, 6) is 0. The lowest BCUT2D eigenvalue weighted by molar-refractivity contribution is -0.212. The van der Waals surface area contributed by atoms with E-state index in [1.54, 1.807) is 0 Å². The highest BCUT2D eigenvalue weighted by Crippen LogP contribution is 2.66. The molecular weight excluding hydrogens is 263 g/mol. The van der Waals surface area contributed by atoms with E-state index in [4.69, 9.17) is 13.8 Å². The highest BCUT2D eigenvalue weighted by atomic mass is 31.2. The molecule has 0 aromatic carbocycles. The van der Waals surface area contributed by atoms with Crippen LogP contribution in [0.4, 0.5) is 0 Å². The molecule has 0 saturated carbocycles. The molecule has 0 radical (unpaired) electrons. The van der Waals surface area contributed by atoms with Crippen molar-refractivity contribution in [2.75, 3.05) is 19.4 Å². The second kappa shape index (κ2) is 6.64. The molecule has 112 valence electrons. The smallest absolute Gasteiger partial charge is 0.239 e. The number of rotatable bonds is 8. The molecule has 0 aromatic heterocycles. The van der Waals surface area contributed by atoms with Crippen LogP contribution in [0.15, 0.2) is 12.7 Å². The zero-order chi connectivity index (χ0) is 14.6. The van der Waals surface area contributed by atoms with E-state index >= 15 is 0 Å². The number of ether oxygens (including phenoxy) is 1. The zero-order valence-electron chi connectivity index (χ0n) is 12.6. The minimum absolute atomic E-state index is 0.418. The Labute approximate surface area is 117 Å². The van der Waals surface area contributed by atoms with E-state index in [0.717, 1.165) is 19.4 Å². The van der Waals surface area contributed by atoms with Crippen LogP contribution in [-0.2, 0) is 13.8 Å². The van der Waals surface area contributed by atoms with Gasteiger partial charge >= 0.3 is 0 Å². The van der Waals surface area contributed by atoms with Crippen LogP contribution in [0.1, 0.15) is 47.0 Å². The van der Waals surface area contributed by atoms with Gasteiger partial charge in [-0.05, 0) is 40.5 Å². The molecule has 0 atom stereocenters. The van der Waals surface area contributed by atoms with E-state index in [2.05, 4.69) is 6.58 Å². The van der Waals surface area contributed by atoms with Gasteiger partial charge in [0.2, 0.25) is 7.94 Å². The fourth-order valence-electron chi connectivity index (χ4n) is 1.82. The van der Waals surface area contributed by atoms with E-state index in [-0.39, 0.29) is 0 Å². The summed E-state index contributed by atoms with van der Waals surface area (Å²) in [6.45, 7) is 12.6. The Balaban J connectivity index is 2.25. The minimum Gasteiger partial charge on any atom is -0.631 e. The van der Waals surface area contributed by atoms with Gasteiger partial charge in [0.05, 0.1) is 6.61 Å². The van der Waals surface area contributed by atoms with Crippen LogP contribution in [0.2, 0.25) is 0 Å². The van der Waals surface area contributed by atoms with Crippen molar-refractivity contribution in [1.29, 1.82) is 0 Å². The van der Waals surface area contributed by atoms with Crippen LogP contribution in [-0.4, -0.2) is 30.6 Å². The molecule has 0 N–H and O–H groups in total. The predicted molar refractivity (Wildman–Crippen MR) is 77.0 cm³/mol. The molecule has 0 spiro atoms. The Morgan fingerprint density at radius 2 is 1.63 bits per heavy atom. The van der Waals surface area contributed by atoms with Gasteiger partial charge in [0.25, 0.3) is 0 Å². The third-order valence-corrected chi connectivity index (χ3v) is 5.94. The van der Waals surface area contributed by atoms with Gasteiger partial charge in [-0.2, -0.15) is 0 Å². The summed E-state index contributed by atoms with van der Waals surface area (Å²) in [5, 5.41) is 0. The maximum atomic E-state index is 12.5. The van der Waals surface area contributed by atoms with Crippen molar-refractivity contribution < 1.29 is 18.7 Å². The van der Waals surface area contributed by atoms with E-state index < -0.39 is 19.1 Å². The van der Waals surface area contributed by atoms with Crippen molar-refractivity contribution in [3.8, 4) is 0 Å². The largest absolute Gasteiger partial charge is 0.631 e. The second-order valence-electron chi connectivity index (χ2n) is 5.93. The Bertz CT molecular complexity index is 286. The standard InChI is InChI=1S/C14H27O4P/c1-6-7-8-10-16-11-9-12-19(15)17-13(2,3)14(4,5)18-19/h6H,1,7-12H2,2-5H3. The average Bonchev–Trinajstić information content (AvgIpc) is 2.42. The first-order valence-corrected chi connectivity index (χ1v) is 8.64. The molecule has 19 heavy (non-hydrogen) atoms. The van der Waals surface area contributed by atoms with Gasteiger partial charge in [0.1, 0.15) is 17.4 Å². The van der Waals surface area contributed by atoms with Crippen molar-refractivity contribution in [2.24, 2.45) is 0 Å². The second-order valence-corrected chi connectivity index (χ2v) is 7.97. The molecule has 1 saturated heterocycles.